The highest BCUT2D eigenvalue weighted by Gasteiger charge is 2.23. The zero-order valence-corrected chi connectivity index (χ0v) is 8.44. The molecule has 0 saturated carbocycles. The third-order valence-corrected chi connectivity index (χ3v) is 2.42. The molecule has 2 N–H and O–H groups in total. The van der Waals surface area contributed by atoms with E-state index in [1.165, 1.54) is 0 Å². The first-order chi connectivity index (χ1) is 6.85. The smallest absolute Gasteiger partial charge is 0.164 e. The maximum atomic E-state index is 5.60. The maximum Gasteiger partial charge on any atom is 0.164 e. The lowest BCUT2D eigenvalue weighted by atomic mass is 10.1. The van der Waals surface area contributed by atoms with Gasteiger partial charge in [0.25, 0.3) is 0 Å². The number of nitrogens with two attached hydrogens (primary N) is 1. The predicted octanol–water partition coefficient (Wildman–Crippen LogP) is 0.608. The van der Waals surface area contributed by atoms with Gasteiger partial charge in [0.1, 0.15) is 6.10 Å². The minimum Gasteiger partial charge on any atom is -0.371 e. The van der Waals surface area contributed by atoms with Crippen LogP contribution < -0.4 is 5.73 Å². The lowest BCUT2D eigenvalue weighted by molar-refractivity contribution is 0.0349. The van der Waals surface area contributed by atoms with Gasteiger partial charge in [-0.2, -0.15) is 5.10 Å². The van der Waals surface area contributed by atoms with E-state index in [2.05, 4.69) is 10.1 Å². The van der Waals surface area contributed by atoms with Gasteiger partial charge in [-0.15, -0.1) is 0 Å². The molecule has 0 aliphatic carbocycles. The summed E-state index contributed by atoms with van der Waals surface area (Å²) >= 11 is 0. The molecular weight excluding hydrogens is 180 g/mol. The quantitative estimate of drug-likeness (QED) is 0.769. The number of rotatable bonds is 3. The average Bonchev–Trinajstić information content (AvgIpc) is 2.62. The molecule has 14 heavy (non-hydrogen) atoms. The van der Waals surface area contributed by atoms with E-state index >= 15 is 0 Å². The minimum absolute atomic E-state index is 0.113. The molecule has 0 saturated heterocycles. The van der Waals surface area contributed by atoms with Crippen molar-refractivity contribution >= 4 is 0 Å². The van der Waals surface area contributed by atoms with Crippen molar-refractivity contribution in [3.05, 3.63) is 11.6 Å². The van der Waals surface area contributed by atoms with E-state index in [-0.39, 0.29) is 6.10 Å². The van der Waals surface area contributed by atoms with Crippen LogP contribution in [0.2, 0.25) is 0 Å². The maximum absolute atomic E-state index is 5.60. The van der Waals surface area contributed by atoms with Gasteiger partial charge in [-0.05, 0) is 19.8 Å². The molecule has 1 unspecified atom stereocenters. The third kappa shape index (κ3) is 1.65. The van der Waals surface area contributed by atoms with Crippen LogP contribution in [0.15, 0.2) is 0 Å². The van der Waals surface area contributed by atoms with Crippen molar-refractivity contribution in [3.63, 3.8) is 0 Å². The summed E-state index contributed by atoms with van der Waals surface area (Å²) in [7, 11) is 0. The van der Waals surface area contributed by atoms with Gasteiger partial charge < -0.3 is 10.5 Å². The molecule has 1 aromatic rings. The Labute approximate surface area is 83.3 Å². The highest BCUT2D eigenvalue weighted by Crippen LogP contribution is 2.26. The second kappa shape index (κ2) is 4.06. The summed E-state index contributed by atoms with van der Waals surface area (Å²) in [6.45, 7) is 4.05. The molecular formula is C9H16N4O. The Kier molecular flexibility index (Phi) is 2.79. The van der Waals surface area contributed by atoms with E-state index in [9.17, 15) is 0 Å². The summed E-state index contributed by atoms with van der Waals surface area (Å²) < 4.78 is 7.53. The first-order valence-corrected chi connectivity index (χ1v) is 5.10. The lowest BCUT2D eigenvalue weighted by Crippen LogP contribution is -2.19. The Morgan fingerprint density at radius 3 is 3.21 bits per heavy atom. The van der Waals surface area contributed by atoms with E-state index in [4.69, 9.17) is 10.5 Å². The molecule has 0 fully saturated rings. The van der Waals surface area contributed by atoms with Crippen LogP contribution in [0.25, 0.3) is 0 Å². The highest BCUT2D eigenvalue weighted by molar-refractivity contribution is 4.99. The van der Waals surface area contributed by atoms with Gasteiger partial charge >= 0.3 is 0 Å². The largest absolute Gasteiger partial charge is 0.371 e. The molecule has 0 amide bonds. The predicted molar refractivity (Wildman–Crippen MR) is 51.5 cm³/mol. The SMILES string of the molecule is CCOC1CCCn2nc(CN)nc21. The zero-order valence-electron chi connectivity index (χ0n) is 8.44. The Morgan fingerprint density at radius 1 is 1.64 bits per heavy atom. The summed E-state index contributed by atoms with van der Waals surface area (Å²) in [5, 5.41) is 4.30. The van der Waals surface area contributed by atoms with E-state index in [1.54, 1.807) is 0 Å². The van der Waals surface area contributed by atoms with Crippen LogP contribution in [-0.4, -0.2) is 21.4 Å². The molecule has 1 aliphatic rings. The van der Waals surface area contributed by atoms with E-state index in [1.807, 2.05) is 11.6 Å². The van der Waals surface area contributed by atoms with Gasteiger partial charge in [-0.25, -0.2) is 9.67 Å². The standard InChI is InChI=1S/C9H16N4O/c1-2-14-7-4-3-5-13-9(7)11-8(6-10)12-13/h7H,2-6,10H2,1H3. The van der Waals surface area contributed by atoms with Crippen molar-refractivity contribution in [1.82, 2.24) is 14.8 Å². The monoisotopic (exact) mass is 196 g/mol. The van der Waals surface area contributed by atoms with E-state index < -0.39 is 0 Å². The van der Waals surface area contributed by atoms with Gasteiger partial charge in [0.15, 0.2) is 11.6 Å². The fourth-order valence-corrected chi connectivity index (χ4v) is 1.81. The van der Waals surface area contributed by atoms with Crippen molar-refractivity contribution in [1.29, 1.82) is 0 Å². The number of aryl methyl sites for hydroxylation is 1. The van der Waals surface area contributed by atoms with Gasteiger partial charge in [0.05, 0.1) is 6.54 Å². The van der Waals surface area contributed by atoms with Crippen LogP contribution in [0.1, 0.15) is 37.5 Å². The summed E-state index contributed by atoms with van der Waals surface area (Å²) in [5.74, 6) is 1.66. The van der Waals surface area contributed by atoms with Crippen LogP contribution in [0.3, 0.4) is 0 Å². The second-order valence-corrected chi connectivity index (χ2v) is 3.40. The highest BCUT2D eigenvalue weighted by atomic mass is 16.5. The fraction of sp³-hybridized carbons (Fsp3) is 0.778. The Balaban J connectivity index is 2.24. The van der Waals surface area contributed by atoms with Gasteiger partial charge in [-0.3, -0.25) is 0 Å². The molecule has 1 atom stereocenters. The van der Waals surface area contributed by atoms with Gasteiger partial charge in [0.2, 0.25) is 0 Å². The molecule has 5 heteroatoms. The molecule has 2 heterocycles. The molecule has 1 aliphatic heterocycles. The van der Waals surface area contributed by atoms with Crippen molar-refractivity contribution in [2.45, 2.75) is 39.0 Å². The zero-order chi connectivity index (χ0) is 9.97. The Morgan fingerprint density at radius 2 is 2.50 bits per heavy atom. The molecule has 1 aromatic heterocycles. The molecule has 0 bridgehead atoms. The molecule has 0 radical (unpaired) electrons. The van der Waals surface area contributed by atoms with E-state index in [0.717, 1.165) is 31.8 Å². The van der Waals surface area contributed by atoms with Crippen LogP contribution in [0, 0.1) is 0 Å². The molecule has 0 aromatic carbocycles. The number of nitrogens with zero attached hydrogens (tertiary/aromatic N) is 3. The minimum atomic E-state index is 0.113. The molecule has 0 spiro atoms. The number of hydrogen-bond acceptors (Lipinski definition) is 4. The van der Waals surface area contributed by atoms with Gasteiger partial charge in [-0.1, -0.05) is 0 Å². The summed E-state index contributed by atoms with van der Waals surface area (Å²) in [6.07, 6.45) is 2.25. The van der Waals surface area contributed by atoms with Crippen LogP contribution in [0.4, 0.5) is 0 Å². The van der Waals surface area contributed by atoms with Crippen molar-refractivity contribution in [3.8, 4) is 0 Å². The first-order valence-electron chi connectivity index (χ1n) is 5.10. The van der Waals surface area contributed by atoms with E-state index in [0.29, 0.717) is 12.4 Å². The summed E-state index contributed by atoms with van der Waals surface area (Å²) in [6, 6.07) is 0. The number of hydrogen-bond donors (Lipinski definition) is 1. The third-order valence-electron chi connectivity index (χ3n) is 2.42. The second-order valence-electron chi connectivity index (χ2n) is 3.40. The Hall–Kier alpha value is -0.940. The topological polar surface area (TPSA) is 66.0 Å². The van der Waals surface area contributed by atoms with Crippen LogP contribution in [0.5, 0.6) is 0 Å². The lowest BCUT2D eigenvalue weighted by Gasteiger charge is -2.21. The van der Waals surface area contributed by atoms with Gasteiger partial charge in [0, 0.05) is 13.2 Å². The summed E-state index contributed by atoms with van der Waals surface area (Å²) in [4.78, 5) is 4.37. The summed E-state index contributed by atoms with van der Waals surface area (Å²) in [5.41, 5.74) is 5.50. The van der Waals surface area contributed by atoms with Crippen LogP contribution >= 0.6 is 0 Å². The normalized spacial score (nSPS) is 20.9. The number of fused-ring (bicyclic) bond motifs is 1. The first kappa shape index (κ1) is 9.61. The fourth-order valence-electron chi connectivity index (χ4n) is 1.81. The molecule has 2 rings (SSSR count). The molecule has 5 nitrogen and oxygen atoms in total. The molecule has 78 valence electrons. The number of aromatic nitrogens is 3. The van der Waals surface area contributed by atoms with Crippen molar-refractivity contribution < 1.29 is 4.74 Å². The Bertz CT molecular complexity index is 310. The average molecular weight is 196 g/mol. The van der Waals surface area contributed by atoms with Crippen molar-refractivity contribution in [2.24, 2.45) is 5.73 Å². The van der Waals surface area contributed by atoms with Crippen molar-refractivity contribution in [2.75, 3.05) is 6.61 Å². The van der Waals surface area contributed by atoms with Crippen LogP contribution in [-0.2, 0) is 17.8 Å². The number of ether oxygens (including phenoxy) is 1.